The van der Waals surface area contributed by atoms with Gasteiger partial charge in [0.15, 0.2) is 5.82 Å². The summed E-state index contributed by atoms with van der Waals surface area (Å²) in [5.41, 5.74) is -0.785. The maximum absolute atomic E-state index is 10.0. The van der Waals surface area contributed by atoms with Gasteiger partial charge in [-0.2, -0.15) is 5.10 Å². The monoisotopic (exact) mass is 279 g/mol. The van der Waals surface area contributed by atoms with Gasteiger partial charge in [-0.15, -0.1) is 0 Å². The van der Waals surface area contributed by atoms with Crippen LogP contribution < -0.4 is 0 Å². The van der Waals surface area contributed by atoms with E-state index >= 15 is 0 Å². The van der Waals surface area contributed by atoms with Crippen molar-refractivity contribution in [3.8, 4) is 0 Å². The van der Waals surface area contributed by atoms with E-state index in [-0.39, 0.29) is 0 Å². The third kappa shape index (κ3) is 4.42. The molecule has 1 aromatic rings. The summed E-state index contributed by atoms with van der Waals surface area (Å²) in [6.07, 6.45) is 8.43. The summed E-state index contributed by atoms with van der Waals surface area (Å²) >= 11 is 0. The normalized spacial score (nSPS) is 18.9. The van der Waals surface area contributed by atoms with Crippen LogP contribution in [0.2, 0.25) is 0 Å². The molecule has 0 bridgehead atoms. The van der Waals surface area contributed by atoms with Crippen LogP contribution in [0.5, 0.6) is 0 Å². The smallest absolute Gasteiger partial charge is 0.153 e. The molecule has 0 aliphatic heterocycles. The standard InChI is InChI=1S/C15H25N3O2/c1-15(2,19)11-18-14(10-12-6-4-5-7-12)16-13(17-18)8-9-20-3/h4,6,12,19H,5,7-11H2,1-3H3/t12-/m0/s1. The summed E-state index contributed by atoms with van der Waals surface area (Å²) in [6.45, 7) is 4.68. The van der Waals surface area contributed by atoms with Gasteiger partial charge in [0, 0.05) is 20.0 Å². The highest BCUT2D eigenvalue weighted by molar-refractivity contribution is 5.03. The van der Waals surface area contributed by atoms with Gasteiger partial charge in [-0.1, -0.05) is 12.2 Å². The van der Waals surface area contributed by atoms with E-state index in [4.69, 9.17) is 4.74 Å². The van der Waals surface area contributed by atoms with Gasteiger partial charge in [0.25, 0.3) is 0 Å². The first-order valence-corrected chi connectivity index (χ1v) is 7.28. The van der Waals surface area contributed by atoms with Crippen LogP contribution in [0.15, 0.2) is 12.2 Å². The van der Waals surface area contributed by atoms with Gasteiger partial charge in [0.1, 0.15) is 5.82 Å². The summed E-state index contributed by atoms with van der Waals surface area (Å²) < 4.78 is 6.94. The molecule has 0 radical (unpaired) electrons. The Hall–Kier alpha value is -1.20. The molecule has 1 atom stereocenters. The number of methoxy groups -OCH3 is 1. The second-order valence-electron chi connectivity index (χ2n) is 6.13. The minimum absolute atomic E-state index is 0.471. The summed E-state index contributed by atoms with van der Waals surface area (Å²) in [7, 11) is 1.68. The van der Waals surface area contributed by atoms with E-state index < -0.39 is 5.60 Å². The lowest BCUT2D eigenvalue weighted by Crippen LogP contribution is -2.28. The molecular weight excluding hydrogens is 254 g/mol. The van der Waals surface area contributed by atoms with Gasteiger partial charge in [-0.3, -0.25) is 0 Å². The molecule has 0 aromatic carbocycles. The Balaban J connectivity index is 2.12. The molecule has 0 spiro atoms. The predicted molar refractivity (Wildman–Crippen MR) is 77.5 cm³/mol. The van der Waals surface area contributed by atoms with Gasteiger partial charge in [0.2, 0.25) is 0 Å². The Labute approximate surface area is 120 Å². The van der Waals surface area contributed by atoms with Crippen molar-refractivity contribution in [3.05, 3.63) is 23.8 Å². The molecule has 112 valence electrons. The number of allylic oxidation sites excluding steroid dienone is 2. The fourth-order valence-corrected chi connectivity index (χ4v) is 2.47. The Kier molecular flexibility index (Phi) is 4.94. The highest BCUT2D eigenvalue weighted by Gasteiger charge is 2.21. The molecule has 0 unspecified atom stereocenters. The lowest BCUT2D eigenvalue weighted by Gasteiger charge is -2.18. The molecule has 2 rings (SSSR count). The van der Waals surface area contributed by atoms with E-state index in [1.165, 1.54) is 6.42 Å². The molecule has 5 heteroatoms. The van der Waals surface area contributed by atoms with Crippen molar-refractivity contribution < 1.29 is 9.84 Å². The third-order valence-corrected chi connectivity index (χ3v) is 3.42. The predicted octanol–water partition coefficient (Wildman–Crippen LogP) is 1.75. The maximum Gasteiger partial charge on any atom is 0.153 e. The largest absolute Gasteiger partial charge is 0.389 e. The number of nitrogens with zero attached hydrogens (tertiary/aromatic N) is 3. The first kappa shape index (κ1) is 15.2. The van der Waals surface area contributed by atoms with E-state index in [0.29, 0.717) is 25.5 Å². The van der Waals surface area contributed by atoms with E-state index in [0.717, 1.165) is 24.5 Å². The molecule has 1 heterocycles. The molecule has 1 aliphatic carbocycles. The minimum Gasteiger partial charge on any atom is -0.389 e. The summed E-state index contributed by atoms with van der Waals surface area (Å²) in [6, 6.07) is 0. The van der Waals surface area contributed by atoms with Crippen molar-refractivity contribution in [2.75, 3.05) is 13.7 Å². The van der Waals surface area contributed by atoms with Crippen molar-refractivity contribution in [3.63, 3.8) is 0 Å². The van der Waals surface area contributed by atoms with Crippen LogP contribution in [-0.2, 0) is 24.1 Å². The molecule has 20 heavy (non-hydrogen) atoms. The molecule has 1 N–H and O–H groups in total. The highest BCUT2D eigenvalue weighted by atomic mass is 16.5. The van der Waals surface area contributed by atoms with Crippen molar-refractivity contribution in [1.29, 1.82) is 0 Å². The lowest BCUT2D eigenvalue weighted by atomic mass is 10.0. The number of rotatable bonds is 7. The van der Waals surface area contributed by atoms with Crippen molar-refractivity contribution in [2.24, 2.45) is 5.92 Å². The van der Waals surface area contributed by atoms with E-state index in [1.54, 1.807) is 21.0 Å². The van der Waals surface area contributed by atoms with Crippen LogP contribution >= 0.6 is 0 Å². The highest BCUT2D eigenvalue weighted by Crippen LogP contribution is 2.21. The Morgan fingerprint density at radius 3 is 2.90 bits per heavy atom. The van der Waals surface area contributed by atoms with Gasteiger partial charge < -0.3 is 9.84 Å². The van der Waals surface area contributed by atoms with Gasteiger partial charge in [-0.05, 0) is 32.6 Å². The molecule has 0 fully saturated rings. The molecule has 1 aromatic heterocycles. The average molecular weight is 279 g/mol. The zero-order valence-corrected chi connectivity index (χ0v) is 12.7. The van der Waals surface area contributed by atoms with Crippen LogP contribution in [0.4, 0.5) is 0 Å². The fraction of sp³-hybridized carbons (Fsp3) is 0.733. The van der Waals surface area contributed by atoms with E-state index in [2.05, 4.69) is 22.2 Å². The average Bonchev–Trinajstić information content (AvgIpc) is 2.96. The molecular formula is C15H25N3O2. The quantitative estimate of drug-likeness (QED) is 0.772. The molecule has 0 saturated carbocycles. The number of aromatic nitrogens is 3. The van der Waals surface area contributed by atoms with Crippen molar-refractivity contribution >= 4 is 0 Å². The maximum atomic E-state index is 10.0. The van der Waals surface area contributed by atoms with Crippen molar-refractivity contribution in [1.82, 2.24) is 14.8 Å². The number of aliphatic hydroxyl groups is 1. The zero-order chi connectivity index (χ0) is 14.6. The van der Waals surface area contributed by atoms with E-state index in [9.17, 15) is 5.11 Å². The lowest BCUT2D eigenvalue weighted by molar-refractivity contribution is 0.0563. The van der Waals surface area contributed by atoms with Gasteiger partial charge >= 0.3 is 0 Å². The molecule has 1 aliphatic rings. The SMILES string of the molecule is COCCc1nc(C[C@H]2C=CCC2)n(CC(C)(C)O)n1. The minimum atomic E-state index is -0.785. The number of hydrogen-bond acceptors (Lipinski definition) is 4. The Morgan fingerprint density at radius 1 is 1.50 bits per heavy atom. The first-order valence-electron chi connectivity index (χ1n) is 7.28. The topological polar surface area (TPSA) is 60.2 Å². The third-order valence-electron chi connectivity index (χ3n) is 3.42. The zero-order valence-electron chi connectivity index (χ0n) is 12.7. The number of hydrogen-bond donors (Lipinski definition) is 1. The van der Waals surface area contributed by atoms with Crippen LogP contribution in [-0.4, -0.2) is 39.2 Å². The summed E-state index contributed by atoms with van der Waals surface area (Å²) in [4.78, 5) is 4.62. The Morgan fingerprint density at radius 2 is 2.30 bits per heavy atom. The molecule has 0 saturated heterocycles. The molecule has 5 nitrogen and oxygen atoms in total. The van der Waals surface area contributed by atoms with Crippen LogP contribution in [0.3, 0.4) is 0 Å². The van der Waals surface area contributed by atoms with Gasteiger partial charge in [0.05, 0.1) is 18.8 Å². The van der Waals surface area contributed by atoms with Crippen LogP contribution in [0.1, 0.15) is 38.3 Å². The number of ether oxygens (including phenoxy) is 1. The van der Waals surface area contributed by atoms with Crippen LogP contribution in [0, 0.1) is 5.92 Å². The van der Waals surface area contributed by atoms with Gasteiger partial charge in [-0.25, -0.2) is 9.67 Å². The van der Waals surface area contributed by atoms with Crippen molar-refractivity contribution in [2.45, 2.75) is 51.7 Å². The summed E-state index contributed by atoms with van der Waals surface area (Å²) in [5.74, 6) is 2.32. The summed E-state index contributed by atoms with van der Waals surface area (Å²) in [5, 5.41) is 14.5. The first-order chi connectivity index (χ1) is 9.48. The Bertz CT molecular complexity index is 460. The second kappa shape index (κ2) is 6.50. The molecule has 0 amide bonds. The second-order valence-corrected chi connectivity index (χ2v) is 6.13. The van der Waals surface area contributed by atoms with E-state index in [1.807, 2.05) is 4.68 Å². The van der Waals surface area contributed by atoms with Crippen LogP contribution in [0.25, 0.3) is 0 Å². The fourth-order valence-electron chi connectivity index (χ4n) is 2.47.